The van der Waals surface area contributed by atoms with Crippen LogP contribution in [0.1, 0.15) is 5.56 Å². The van der Waals surface area contributed by atoms with Crippen LogP contribution < -0.4 is 11.2 Å². The first-order chi connectivity index (χ1) is 12.5. The highest BCUT2D eigenvalue weighted by atomic mass is 79.9. The minimum atomic E-state index is -0.454. The summed E-state index contributed by atoms with van der Waals surface area (Å²) < 4.78 is 18.0. The number of aromatic nitrogens is 4. The molecule has 0 aliphatic carbocycles. The van der Waals surface area contributed by atoms with E-state index in [0.717, 1.165) is 9.15 Å². The molecule has 0 amide bonds. The van der Waals surface area contributed by atoms with Gasteiger partial charge >= 0.3 is 11.2 Å². The third-order valence-corrected chi connectivity index (χ3v) is 4.50. The molecule has 2 aromatic heterocycles. The quantitative estimate of drug-likeness (QED) is 0.517. The number of hydrogen-bond donors (Lipinski definition) is 0. The lowest BCUT2D eigenvalue weighted by Gasteiger charge is -2.05. The number of nitrogens with zero attached hydrogens (tertiary/aromatic N) is 4. The molecule has 2 aromatic carbocycles. The zero-order valence-electron chi connectivity index (χ0n) is 13.3. The number of rotatable bonds is 3. The molecule has 8 heteroatoms. The van der Waals surface area contributed by atoms with Crippen LogP contribution in [0.3, 0.4) is 0 Å². The molecule has 0 spiro atoms. The van der Waals surface area contributed by atoms with Gasteiger partial charge in [-0.15, -0.1) is 5.10 Å². The van der Waals surface area contributed by atoms with Crippen LogP contribution in [0.25, 0.3) is 11.3 Å². The lowest BCUT2D eigenvalue weighted by molar-refractivity contribution is 0.615. The van der Waals surface area contributed by atoms with Crippen LogP contribution in [-0.2, 0) is 6.54 Å². The monoisotopic (exact) mass is 414 g/mol. The summed E-state index contributed by atoms with van der Waals surface area (Å²) in [5, 5.41) is 4.14. The van der Waals surface area contributed by atoms with Crippen molar-refractivity contribution in [2.45, 2.75) is 6.54 Å². The number of hydrogen-bond acceptors (Lipinski definition) is 3. The van der Waals surface area contributed by atoms with Gasteiger partial charge in [0, 0.05) is 22.6 Å². The van der Waals surface area contributed by atoms with Crippen LogP contribution in [0.4, 0.5) is 4.39 Å². The third kappa shape index (κ3) is 2.88. The predicted molar refractivity (Wildman–Crippen MR) is 98.3 cm³/mol. The summed E-state index contributed by atoms with van der Waals surface area (Å²) >= 11 is 3.35. The van der Waals surface area contributed by atoms with Crippen molar-refractivity contribution in [3.8, 4) is 5.69 Å². The molecule has 0 unspecified atom stereocenters. The minimum Gasteiger partial charge on any atom is -0.280 e. The summed E-state index contributed by atoms with van der Waals surface area (Å²) in [6.07, 6.45) is 3.02. The maximum Gasteiger partial charge on any atom is 0.350 e. The van der Waals surface area contributed by atoms with Crippen molar-refractivity contribution in [2.24, 2.45) is 0 Å². The fourth-order valence-corrected chi connectivity index (χ4v) is 2.99. The van der Waals surface area contributed by atoms with Crippen LogP contribution in [-0.4, -0.2) is 18.7 Å². The average molecular weight is 415 g/mol. The first kappa shape index (κ1) is 16.5. The molecule has 0 fully saturated rings. The van der Waals surface area contributed by atoms with Crippen molar-refractivity contribution in [2.75, 3.05) is 0 Å². The zero-order valence-corrected chi connectivity index (χ0v) is 14.9. The molecule has 4 rings (SSSR count). The fraction of sp³-hybridized carbons (Fsp3) is 0.0556. The van der Waals surface area contributed by atoms with Crippen LogP contribution in [0.15, 0.2) is 75.0 Å². The fourth-order valence-electron chi connectivity index (χ4n) is 2.73. The average Bonchev–Trinajstić information content (AvgIpc) is 2.93. The summed E-state index contributed by atoms with van der Waals surface area (Å²) in [5.41, 5.74) is 0.391. The van der Waals surface area contributed by atoms with Gasteiger partial charge in [0.15, 0.2) is 0 Å². The molecular weight excluding hydrogens is 403 g/mol. The Morgan fingerprint density at radius 1 is 1.04 bits per heavy atom. The van der Waals surface area contributed by atoms with Crippen LogP contribution in [0, 0.1) is 5.82 Å². The molecule has 0 bridgehead atoms. The molecule has 6 nitrogen and oxygen atoms in total. The van der Waals surface area contributed by atoms with Crippen molar-refractivity contribution in [1.29, 1.82) is 0 Å². The minimum absolute atomic E-state index is 0.0109. The molecule has 0 atom stereocenters. The van der Waals surface area contributed by atoms with Gasteiger partial charge in [0.2, 0.25) is 5.65 Å². The van der Waals surface area contributed by atoms with Crippen LogP contribution in [0.2, 0.25) is 0 Å². The van der Waals surface area contributed by atoms with Crippen molar-refractivity contribution < 1.29 is 4.39 Å². The number of halogens is 2. The smallest absolute Gasteiger partial charge is 0.280 e. The molecule has 0 radical (unpaired) electrons. The molecule has 26 heavy (non-hydrogen) atoms. The van der Waals surface area contributed by atoms with Gasteiger partial charge in [-0.05, 0) is 42.0 Å². The Hall–Kier alpha value is -3.00. The maximum absolute atomic E-state index is 13.3. The summed E-state index contributed by atoms with van der Waals surface area (Å²) in [4.78, 5) is 25.2. The molecule has 0 aliphatic rings. The maximum atomic E-state index is 13.3. The second kappa shape index (κ2) is 6.38. The van der Waals surface area contributed by atoms with Gasteiger partial charge in [-0.3, -0.25) is 9.36 Å². The Morgan fingerprint density at radius 3 is 2.54 bits per heavy atom. The Kier molecular flexibility index (Phi) is 4.04. The molecule has 0 N–H and O–H groups in total. The van der Waals surface area contributed by atoms with Gasteiger partial charge in [-0.25, -0.2) is 18.3 Å². The molecule has 4 aromatic rings. The largest absolute Gasteiger partial charge is 0.350 e. The highest BCUT2D eigenvalue weighted by Gasteiger charge is 2.13. The van der Waals surface area contributed by atoms with Gasteiger partial charge in [0.05, 0.1) is 6.54 Å². The standard InChI is InChI=1S/C18H12BrFN4O2/c19-13-4-6-15(7-5-13)22-8-9-23-16(17(22)25)21-24(18(23)26)11-12-2-1-3-14(20)10-12/h1-10H,11H2. The third-order valence-electron chi connectivity index (χ3n) is 3.97. The molecular formula is C18H12BrFN4O2. The van der Waals surface area contributed by atoms with Crippen LogP contribution >= 0.6 is 15.9 Å². The van der Waals surface area contributed by atoms with E-state index in [0.29, 0.717) is 11.3 Å². The molecule has 0 saturated heterocycles. The highest BCUT2D eigenvalue weighted by molar-refractivity contribution is 9.10. The van der Waals surface area contributed by atoms with Crippen LogP contribution in [0.5, 0.6) is 0 Å². The molecule has 0 aliphatic heterocycles. The highest BCUT2D eigenvalue weighted by Crippen LogP contribution is 2.12. The van der Waals surface area contributed by atoms with Crippen molar-refractivity contribution in [3.63, 3.8) is 0 Å². The Labute approximate surface area is 154 Å². The zero-order chi connectivity index (χ0) is 18.3. The van der Waals surface area contributed by atoms with Crippen molar-refractivity contribution in [1.82, 2.24) is 18.7 Å². The SMILES string of the molecule is O=c1c2nn(Cc3cccc(F)c3)c(=O)n2ccn1-c1ccc(Br)cc1. The number of fused-ring (bicyclic) bond motifs is 1. The van der Waals surface area contributed by atoms with Crippen molar-refractivity contribution >= 4 is 21.6 Å². The Morgan fingerprint density at radius 2 is 1.81 bits per heavy atom. The summed E-state index contributed by atoms with van der Waals surface area (Å²) in [6.45, 7) is 0.0794. The topological polar surface area (TPSA) is 61.3 Å². The second-order valence-electron chi connectivity index (χ2n) is 5.71. The van der Waals surface area contributed by atoms with E-state index in [1.54, 1.807) is 24.3 Å². The van der Waals surface area contributed by atoms with Crippen molar-refractivity contribution in [3.05, 3.63) is 97.6 Å². The van der Waals surface area contributed by atoms with E-state index in [9.17, 15) is 14.0 Å². The van der Waals surface area contributed by atoms with Gasteiger partial charge in [0.1, 0.15) is 5.82 Å². The Bertz CT molecular complexity index is 1220. The lowest BCUT2D eigenvalue weighted by atomic mass is 10.2. The van der Waals surface area contributed by atoms with E-state index in [2.05, 4.69) is 21.0 Å². The predicted octanol–water partition coefficient (Wildman–Crippen LogP) is 2.60. The normalized spacial score (nSPS) is 11.2. The summed E-state index contributed by atoms with van der Waals surface area (Å²) in [6, 6.07) is 13.1. The lowest BCUT2D eigenvalue weighted by Crippen LogP contribution is -2.24. The van der Waals surface area contributed by atoms with E-state index in [4.69, 9.17) is 0 Å². The second-order valence-corrected chi connectivity index (χ2v) is 6.63. The Balaban J connectivity index is 1.82. The summed E-state index contributed by atoms with van der Waals surface area (Å²) in [5.74, 6) is -0.392. The van der Waals surface area contributed by atoms with E-state index in [1.165, 1.54) is 33.5 Å². The van der Waals surface area contributed by atoms with Gasteiger partial charge < -0.3 is 0 Å². The van der Waals surface area contributed by atoms with Gasteiger partial charge in [0.25, 0.3) is 0 Å². The first-order valence-corrected chi connectivity index (χ1v) is 8.53. The van der Waals surface area contributed by atoms with E-state index in [-0.39, 0.29) is 12.2 Å². The first-order valence-electron chi connectivity index (χ1n) is 7.74. The molecule has 0 saturated carbocycles. The number of benzene rings is 2. The van der Waals surface area contributed by atoms with E-state index < -0.39 is 17.1 Å². The van der Waals surface area contributed by atoms with E-state index >= 15 is 0 Å². The molecule has 130 valence electrons. The van der Waals surface area contributed by atoms with E-state index in [1.807, 2.05) is 12.1 Å². The summed E-state index contributed by atoms with van der Waals surface area (Å²) in [7, 11) is 0. The molecule has 2 heterocycles. The van der Waals surface area contributed by atoms with Gasteiger partial charge in [-0.2, -0.15) is 0 Å². The van der Waals surface area contributed by atoms with Gasteiger partial charge in [-0.1, -0.05) is 28.1 Å².